The molecule has 2 aliphatic heterocycles. The van der Waals surface area contributed by atoms with E-state index >= 15 is 0 Å². The first-order valence-corrected chi connectivity index (χ1v) is 13.2. The van der Waals surface area contributed by atoms with Crippen LogP contribution in [0.1, 0.15) is 62.5 Å². The van der Waals surface area contributed by atoms with Crippen LogP contribution in [0.5, 0.6) is 0 Å². The van der Waals surface area contributed by atoms with E-state index < -0.39 is 0 Å². The first kappa shape index (κ1) is 24.5. The average Bonchev–Trinajstić information content (AvgIpc) is 3.32. The fourth-order valence-corrected chi connectivity index (χ4v) is 6.30. The predicted octanol–water partition coefficient (Wildman–Crippen LogP) is 4.24. The normalized spacial score (nSPS) is 22.5. The summed E-state index contributed by atoms with van der Waals surface area (Å²) in [6.07, 6.45) is 5.61. The standard InChI is InChI=1S/C29H37N5O2/c1-20-30-27-11-7-8-12-28(27)34(20)25-17-23-13-14-24(18-25)33(23)16-15-26(22-9-5-4-6-10-22)31-29(36)19-32(3)21(2)35/h4-12,23-26H,13-19H2,1-3H3,(H,31,36)/t23-,24+,25+,26-/m0/s1. The highest BCUT2D eigenvalue weighted by Crippen LogP contribution is 2.42. The van der Waals surface area contributed by atoms with E-state index in [1.807, 2.05) is 18.2 Å². The summed E-state index contributed by atoms with van der Waals surface area (Å²) < 4.78 is 2.47. The zero-order chi connectivity index (χ0) is 25.2. The van der Waals surface area contributed by atoms with Gasteiger partial charge in [0.25, 0.3) is 0 Å². The Kier molecular flexibility index (Phi) is 7.10. The quantitative estimate of drug-likeness (QED) is 0.516. The Morgan fingerprint density at radius 1 is 1.03 bits per heavy atom. The zero-order valence-corrected chi connectivity index (χ0v) is 21.6. The molecule has 2 bridgehead atoms. The number of amides is 2. The summed E-state index contributed by atoms with van der Waals surface area (Å²) >= 11 is 0. The van der Waals surface area contributed by atoms with Gasteiger partial charge in [0.15, 0.2) is 0 Å². The second-order valence-electron chi connectivity index (χ2n) is 10.5. The highest BCUT2D eigenvalue weighted by Gasteiger charge is 2.41. The molecule has 190 valence electrons. The molecule has 1 N–H and O–H groups in total. The van der Waals surface area contributed by atoms with Crippen molar-refractivity contribution in [2.24, 2.45) is 0 Å². The number of hydrogen-bond donors (Lipinski definition) is 1. The summed E-state index contributed by atoms with van der Waals surface area (Å²) in [5.74, 6) is 0.879. The minimum absolute atomic E-state index is 0.0731. The molecule has 4 atom stereocenters. The smallest absolute Gasteiger partial charge is 0.240 e. The van der Waals surface area contributed by atoms with Gasteiger partial charge in [-0.15, -0.1) is 0 Å². The molecule has 7 nitrogen and oxygen atoms in total. The van der Waals surface area contributed by atoms with Crippen molar-refractivity contribution in [2.45, 2.75) is 70.1 Å². The van der Waals surface area contributed by atoms with Crippen LogP contribution < -0.4 is 5.32 Å². The fraction of sp³-hybridized carbons (Fsp3) is 0.483. The van der Waals surface area contributed by atoms with Crippen LogP contribution in [-0.4, -0.2) is 63.4 Å². The maximum Gasteiger partial charge on any atom is 0.240 e. The molecule has 2 saturated heterocycles. The number of piperidine rings is 1. The van der Waals surface area contributed by atoms with Crippen LogP contribution in [0, 0.1) is 6.92 Å². The molecule has 2 aliphatic rings. The number of aromatic nitrogens is 2. The summed E-state index contributed by atoms with van der Waals surface area (Å²) in [5.41, 5.74) is 3.44. The molecule has 3 heterocycles. The monoisotopic (exact) mass is 487 g/mol. The van der Waals surface area contributed by atoms with Crippen molar-refractivity contribution in [3.8, 4) is 0 Å². The maximum absolute atomic E-state index is 12.7. The largest absolute Gasteiger partial charge is 0.348 e. The van der Waals surface area contributed by atoms with E-state index in [9.17, 15) is 9.59 Å². The van der Waals surface area contributed by atoms with Crippen molar-refractivity contribution in [3.63, 3.8) is 0 Å². The Hall–Kier alpha value is -3.19. The third-order valence-corrected chi connectivity index (χ3v) is 8.13. The molecular formula is C29H37N5O2. The van der Waals surface area contributed by atoms with Crippen molar-refractivity contribution >= 4 is 22.8 Å². The number of likely N-dealkylation sites (N-methyl/N-ethyl adjacent to an activating group) is 1. The van der Waals surface area contributed by atoms with E-state index in [1.165, 1.54) is 30.2 Å². The Labute approximate surface area is 213 Å². The average molecular weight is 488 g/mol. The molecule has 0 unspecified atom stereocenters. The molecule has 36 heavy (non-hydrogen) atoms. The van der Waals surface area contributed by atoms with Crippen molar-refractivity contribution < 1.29 is 9.59 Å². The summed E-state index contributed by atoms with van der Waals surface area (Å²) in [6.45, 7) is 4.64. The van der Waals surface area contributed by atoms with E-state index in [4.69, 9.17) is 4.98 Å². The number of para-hydroxylation sites is 2. The van der Waals surface area contributed by atoms with Gasteiger partial charge in [-0.05, 0) is 56.7 Å². The van der Waals surface area contributed by atoms with Gasteiger partial charge >= 0.3 is 0 Å². The van der Waals surface area contributed by atoms with Crippen LogP contribution in [0.3, 0.4) is 0 Å². The highest BCUT2D eigenvalue weighted by atomic mass is 16.2. The molecule has 0 radical (unpaired) electrons. The second-order valence-corrected chi connectivity index (χ2v) is 10.5. The topological polar surface area (TPSA) is 70.5 Å². The lowest BCUT2D eigenvalue weighted by Crippen LogP contribution is -2.45. The minimum Gasteiger partial charge on any atom is -0.348 e. The lowest BCUT2D eigenvalue weighted by molar-refractivity contribution is -0.133. The summed E-state index contributed by atoms with van der Waals surface area (Å²) in [7, 11) is 1.66. The number of fused-ring (bicyclic) bond motifs is 3. The molecule has 2 fully saturated rings. The van der Waals surface area contributed by atoms with Gasteiger partial charge < -0.3 is 14.8 Å². The number of benzene rings is 2. The van der Waals surface area contributed by atoms with Gasteiger partial charge in [-0.1, -0.05) is 42.5 Å². The molecule has 3 aromatic rings. The van der Waals surface area contributed by atoms with Crippen LogP contribution in [0.2, 0.25) is 0 Å². The van der Waals surface area contributed by atoms with Crippen LogP contribution in [0.4, 0.5) is 0 Å². The Morgan fingerprint density at radius 2 is 1.69 bits per heavy atom. The molecular weight excluding hydrogens is 450 g/mol. The van der Waals surface area contributed by atoms with E-state index in [0.717, 1.165) is 42.7 Å². The number of hydrogen-bond acceptors (Lipinski definition) is 4. The summed E-state index contributed by atoms with van der Waals surface area (Å²) in [5, 5.41) is 3.20. The number of carbonyl (C=O) groups excluding carboxylic acids is 2. The number of nitrogens with one attached hydrogen (secondary N) is 1. The Balaban J connectivity index is 1.27. The number of aryl methyl sites for hydroxylation is 1. The van der Waals surface area contributed by atoms with Gasteiger partial charge in [-0.2, -0.15) is 0 Å². The third-order valence-electron chi connectivity index (χ3n) is 8.13. The van der Waals surface area contributed by atoms with Gasteiger partial charge in [0.1, 0.15) is 5.82 Å². The second kappa shape index (κ2) is 10.4. The van der Waals surface area contributed by atoms with Crippen molar-refractivity contribution in [1.82, 2.24) is 24.7 Å². The highest BCUT2D eigenvalue weighted by molar-refractivity contribution is 5.83. The summed E-state index contributed by atoms with van der Waals surface area (Å²) in [4.78, 5) is 33.3. The first-order chi connectivity index (χ1) is 17.4. The number of nitrogens with zero attached hydrogens (tertiary/aromatic N) is 4. The SMILES string of the molecule is CC(=O)N(C)CC(=O)N[C@@H](CCN1[C@@H]2CC[C@H]1C[C@@H](n1c(C)nc3ccccc31)C2)c1ccccc1. The number of rotatable bonds is 8. The molecule has 5 rings (SSSR count). The fourth-order valence-electron chi connectivity index (χ4n) is 6.30. The number of carbonyl (C=O) groups is 2. The van der Waals surface area contributed by atoms with Gasteiger partial charge in [-0.25, -0.2) is 4.98 Å². The van der Waals surface area contributed by atoms with Gasteiger partial charge in [0.05, 0.1) is 23.6 Å². The molecule has 0 aliphatic carbocycles. The Bertz CT molecular complexity index is 1210. The molecule has 7 heteroatoms. The lowest BCUT2D eigenvalue weighted by atomic mass is 9.95. The molecule has 1 aromatic heterocycles. The van der Waals surface area contributed by atoms with Gasteiger partial charge in [-0.3, -0.25) is 14.5 Å². The van der Waals surface area contributed by atoms with E-state index in [-0.39, 0.29) is 24.4 Å². The first-order valence-electron chi connectivity index (χ1n) is 13.2. The molecule has 2 amide bonds. The van der Waals surface area contributed by atoms with E-state index in [0.29, 0.717) is 18.1 Å². The van der Waals surface area contributed by atoms with Crippen molar-refractivity contribution in [2.75, 3.05) is 20.1 Å². The third kappa shape index (κ3) is 5.03. The van der Waals surface area contributed by atoms with Crippen LogP contribution in [-0.2, 0) is 9.59 Å². The van der Waals surface area contributed by atoms with Crippen LogP contribution in [0.15, 0.2) is 54.6 Å². The molecule has 0 saturated carbocycles. The van der Waals surface area contributed by atoms with Crippen molar-refractivity contribution in [3.05, 3.63) is 66.0 Å². The van der Waals surface area contributed by atoms with Crippen LogP contribution in [0.25, 0.3) is 11.0 Å². The lowest BCUT2D eigenvalue weighted by Gasteiger charge is -2.40. The molecule has 2 aromatic carbocycles. The molecule has 0 spiro atoms. The van der Waals surface area contributed by atoms with E-state index in [1.54, 1.807) is 7.05 Å². The van der Waals surface area contributed by atoms with Gasteiger partial charge in [0.2, 0.25) is 11.8 Å². The predicted molar refractivity (Wildman–Crippen MR) is 142 cm³/mol. The number of imidazole rings is 1. The zero-order valence-electron chi connectivity index (χ0n) is 21.6. The minimum atomic E-state index is -0.120. The Morgan fingerprint density at radius 3 is 2.39 bits per heavy atom. The van der Waals surface area contributed by atoms with Crippen LogP contribution >= 0.6 is 0 Å². The van der Waals surface area contributed by atoms with Gasteiger partial charge in [0, 0.05) is 38.6 Å². The van der Waals surface area contributed by atoms with E-state index in [2.05, 4.69) is 58.1 Å². The summed E-state index contributed by atoms with van der Waals surface area (Å²) in [6, 6.07) is 20.2. The van der Waals surface area contributed by atoms with Crippen molar-refractivity contribution in [1.29, 1.82) is 0 Å². The maximum atomic E-state index is 12.7.